The van der Waals surface area contributed by atoms with E-state index in [2.05, 4.69) is 43.4 Å². The molecular weight excluding hydrogens is 194 g/mol. The first kappa shape index (κ1) is 11.7. The number of rotatable bonds is 6. The van der Waals surface area contributed by atoms with Gasteiger partial charge in [-0.3, -0.25) is 0 Å². The smallest absolute Gasteiger partial charge is 0.0208 e. The van der Waals surface area contributed by atoms with Crippen molar-refractivity contribution in [2.75, 3.05) is 6.54 Å². The molecule has 1 heteroatoms. The quantitative estimate of drug-likeness (QED) is 0.768. The summed E-state index contributed by atoms with van der Waals surface area (Å²) in [6.07, 6.45) is 5.31. The molecule has 0 spiro atoms. The molecule has 0 amide bonds. The van der Waals surface area contributed by atoms with E-state index in [0.717, 1.165) is 13.0 Å². The van der Waals surface area contributed by atoms with Gasteiger partial charge >= 0.3 is 0 Å². The Bertz CT molecular complexity index is 339. The number of aryl methyl sites for hydroxylation is 1. The summed E-state index contributed by atoms with van der Waals surface area (Å²) in [7, 11) is 0. The predicted octanol–water partition coefficient (Wildman–Crippen LogP) is 3.53. The van der Waals surface area contributed by atoms with Crippen molar-refractivity contribution in [3.8, 4) is 0 Å². The van der Waals surface area contributed by atoms with E-state index in [0.29, 0.717) is 5.41 Å². The molecule has 0 atom stereocenters. The summed E-state index contributed by atoms with van der Waals surface area (Å²) in [5.41, 5.74) is 3.61. The molecule has 1 aromatic rings. The zero-order chi connectivity index (χ0) is 11.4. The second-order valence-electron chi connectivity index (χ2n) is 5.08. The molecule has 0 bridgehead atoms. The summed E-state index contributed by atoms with van der Waals surface area (Å²) >= 11 is 0. The third kappa shape index (κ3) is 2.65. The van der Waals surface area contributed by atoms with Crippen LogP contribution in [0.2, 0.25) is 0 Å². The van der Waals surface area contributed by atoms with Crippen molar-refractivity contribution in [3.05, 3.63) is 35.4 Å². The largest absolute Gasteiger partial charge is 0.312 e. The van der Waals surface area contributed by atoms with Crippen LogP contribution < -0.4 is 5.32 Å². The second-order valence-corrected chi connectivity index (χ2v) is 5.08. The highest BCUT2D eigenvalue weighted by Crippen LogP contribution is 2.47. The summed E-state index contributed by atoms with van der Waals surface area (Å²) in [5.74, 6) is 0. The topological polar surface area (TPSA) is 12.0 Å². The van der Waals surface area contributed by atoms with Crippen LogP contribution in [0, 0.1) is 5.41 Å². The van der Waals surface area contributed by atoms with Crippen LogP contribution in [0.25, 0.3) is 0 Å². The zero-order valence-electron chi connectivity index (χ0n) is 10.6. The lowest BCUT2D eigenvalue weighted by Gasteiger charge is -2.14. The second kappa shape index (κ2) is 5.01. The van der Waals surface area contributed by atoms with Crippen LogP contribution >= 0.6 is 0 Å². The molecule has 1 aliphatic carbocycles. The third-order valence-corrected chi connectivity index (χ3v) is 4.02. The Morgan fingerprint density at radius 2 is 1.81 bits per heavy atom. The molecule has 88 valence electrons. The fourth-order valence-electron chi connectivity index (χ4n) is 2.37. The van der Waals surface area contributed by atoms with Crippen molar-refractivity contribution in [1.29, 1.82) is 0 Å². The van der Waals surface area contributed by atoms with Crippen molar-refractivity contribution >= 4 is 0 Å². The van der Waals surface area contributed by atoms with E-state index >= 15 is 0 Å². The zero-order valence-corrected chi connectivity index (χ0v) is 10.6. The third-order valence-electron chi connectivity index (χ3n) is 4.02. The molecule has 2 rings (SSSR count). The van der Waals surface area contributed by atoms with Crippen molar-refractivity contribution in [2.24, 2.45) is 5.41 Å². The monoisotopic (exact) mass is 217 g/mol. The maximum atomic E-state index is 3.63. The summed E-state index contributed by atoms with van der Waals surface area (Å²) in [5, 5.41) is 3.63. The molecule has 1 N–H and O–H groups in total. The molecule has 1 fully saturated rings. The van der Waals surface area contributed by atoms with Crippen LogP contribution in [0.5, 0.6) is 0 Å². The van der Waals surface area contributed by atoms with Gasteiger partial charge in [-0.2, -0.15) is 0 Å². The minimum atomic E-state index is 0.654. The Morgan fingerprint density at radius 1 is 1.12 bits per heavy atom. The number of hydrogen-bond donors (Lipinski definition) is 1. The molecule has 1 saturated carbocycles. The average molecular weight is 217 g/mol. The van der Waals surface area contributed by atoms with Crippen LogP contribution in [0.1, 0.15) is 44.2 Å². The number of benzene rings is 1. The summed E-state index contributed by atoms with van der Waals surface area (Å²) in [6, 6.07) is 8.76. The SMILES string of the molecule is CCc1ccccc1CNCC1(CC)CC1. The number of hydrogen-bond acceptors (Lipinski definition) is 1. The van der Waals surface area contributed by atoms with Crippen molar-refractivity contribution in [1.82, 2.24) is 5.32 Å². The first-order valence-electron chi connectivity index (χ1n) is 6.57. The highest BCUT2D eigenvalue weighted by atomic mass is 14.9. The van der Waals surface area contributed by atoms with Crippen LogP contribution in [0.15, 0.2) is 24.3 Å². The van der Waals surface area contributed by atoms with Gasteiger partial charge in [0.1, 0.15) is 0 Å². The summed E-state index contributed by atoms with van der Waals surface area (Å²) < 4.78 is 0. The van der Waals surface area contributed by atoms with Gasteiger partial charge in [0.05, 0.1) is 0 Å². The lowest BCUT2D eigenvalue weighted by Crippen LogP contribution is -2.23. The molecule has 0 aliphatic heterocycles. The molecule has 16 heavy (non-hydrogen) atoms. The lowest BCUT2D eigenvalue weighted by atomic mass is 10.0. The maximum absolute atomic E-state index is 3.63. The molecule has 0 radical (unpaired) electrons. The van der Waals surface area contributed by atoms with E-state index in [1.165, 1.54) is 36.9 Å². The lowest BCUT2D eigenvalue weighted by molar-refractivity contribution is 0.443. The predicted molar refractivity (Wildman–Crippen MR) is 69.5 cm³/mol. The molecule has 0 unspecified atom stereocenters. The molecule has 0 aromatic heterocycles. The van der Waals surface area contributed by atoms with Gasteiger partial charge in [-0.05, 0) is 42.2 Å². The molecule has 1 aliphatic rings. The van der Waals surface area contributed by atoms with Gasteiger partial charge in [-0.25, -0.2) is 0 Å². The van der Waals surface area contributed by atoms with E-state index in [1.54, 1.807) is 0 Å². The van der Waals surface area contributed by atoms with Gasteiger partial charge in [0, 0.05) is 13.1 Å². The fraction of sp³-hybridized carbons (Fsp3) is 0.600. The minimum absolute atomic E-state index is 0.654. The standard InChI is InChI=1S/C15H23N/c1-3-13-7-5-6-8-14(13)11-16-12-15(4-2)9-10-15/h5-8,16H,3-4,9-12H2,1-2H3. The van der Waals surface area contributed by atoms with Crippen LogP contribution in [-0.2, 0) is 13.0 Å². The average Bonchev–Trinajstić information content (AvgIpc) is 3.10. The first-order valence-corrected chi connectivity index (χ1v) is 6.57. The summed E-state index contributed by atoms with van der Waals surface area (Å²) in [4.78, 5) is 0. The van der Waals surface area contributed by atoms with Gasteiger partial charge in [0.2, 0.25) is 0 Å². The van der Waals surface area contributed by atoms with E-state index < -0.39 is 0 Å². The Morgan fingerprint density at radius 3 is 2.38 bits per heavy atom. The maximum Gasteiger partial charge on any atom is 0.0208 e. The van der Waals surface area contributed by atoms with Gasteiger partial charge in [-0.1, -0.05) is 38.1 Å². The number of nitrogens with one attached hydrogen (secondary N) is 1. The van der Waals surface area contributed by atoms with Crippen molar-refractivity contribution in [3.63, 3.8) is 0 Å². The summed E-state index contributed by atoms with van der Waals surface area (Å²) in [6.45, 7) is 6.77. The van der Waals surface area contributed by atoms with E-state index in [4.69, 9.17) is 0 Å². The van der Waals surface area contributed by atoms with Gasteiger partial charge in [0.25, 0.3) is 0 Å². The highest BCUT2D eigenvalue weighted by molar-refractivity contribution is 5.26. The Labute approximate surface area is 99.3 Å². The van der Waals surface area contributed by atoms with Gasteiger partial charge < -0.3 is 5.32 Å². The van der Waals surface area contributed by atoms with Crippen LogP contribution in [0.3, 0.4) is 0 Å². The molecule has 0 heterocycles. The van der Waals surface area contributed by atoms with Gasteiger partial charge in [-0.15, -0.1) is 0 Å². The van der Waals surface area contributed by atoms with Crippen LogP contribution in [0.4, 0.5) is 0 Å². The molecule has 1 aromatic carbocycles. The Kier molecular flexibility index (Phi) is 3.65. The van der Waals surface area contributed by atoms with Crippen LogP contribution in [-0.4, -0.2) is 6.54 Å². The fourth-order valence-corrected chi connectivity index (χ4v) is 2.37. The van der Waals surface area contributed by atoms with E-state index in [9.17, 15) is 0 Å². The molecule has 1 nitrogen and oxygen atoms in total. The highest BCUT2D eigenvalue weighted by Gasteiger charge is 2.39. The first-order chi connectivity index (χ1) is 7.79. The normalized spacial score (nSPS) is 17.4. The molecule has 0 saturated heterocycles. The van der Waals surface area contributed by atoms with Crippen molar-refractivity contribution in [2.45, 2.75) is 46.1 Å². The minimum Gasteiger partial charge on any atom is -0.312 e. The van der Waals surface area contributed by atoms with Gasteiger partial charge in [0.15, 0.2) is 0 Å². The van der Waals surface area contributed by atoms with E-state index in [1.807, 2.05) is 0 Å². The van der Waals surface area contributed by atoms with E-state index in [-0.39, 0.29) is 0 Å². The Balaban J connectivity index is 1.85. The Hall–Kier alpha value is -0.820. The molecular formula is C15H23N. The van der Waals surface area contributed by atoms with Crippen molar-refractivity contribution < 1.29 is 0 Å².